The summed E-state index contributed by atoms with van der Waals surface area (Å²) in [6.45, 7) is 3.15. The smallest absolute Gasteiger partial charge is 0.113 e. The van der Waals surface area contributed by atoms with Gasteiger partial charge < -0.3 is 14.8 Å². The van der Waals surface area contributed by atoms with Crippen molar-refractivity contribution in [2.45, 2.75) is 12.5 Å². The molecule has 0 saturated carbocycles. The van der Waals surface area contributed by atoms with Gasteiger partial charge in [-0.25, -0.2) is 4.98 Å². The number of ether oxygens (including phenoxy) is 2. The van der Waals surface area contributed by atoms with Crippen LogP contribution in [0.5, 0.6) is 0 Å². The van der Waals surface area contributed by atoms with Crippen LogP contribution in [-0.4, -0.2) is 38.5 Å². The van der Waals surface area contributed by atoms with Crippen LogP contribution in [0.1, 0.15) is 16.6 Å². The maximum Gasteiger partial charge on any atom is 0.113 e. The number of aromatic nitrogens is 1. The van der Waals surface area contributed by atoms with Crippen molar-refractivity contribution in [3.05, 3.63) is 40.2 Å². The second kappa shape index (κ2) is 7.13. The highest BCUT2D eigenvalue weighted by Crippen LogP contribution is 2.26. The summed E-state index contributed by atoms with van der Waals surface area (Å²) in [4.78, 5) is 4.75. The second-order valence-electron chi connectivity index (χ2n) is 5.09. The van der Waals surface area contributed by atoms with Crippen molar-refractivity contribution in [3.63, 3.8) is 0 Å². The SMILES string of the molecule is COCCc1ccc(-c2csc(C3COCCN3)n2)cc1. The highest BCUT2D eigenvalue weighted by Gasteiger charge is 2.18. The van der Waals surface area contributed by atoms with Gasteiger partial charge in [0.05, 0.1) is 31.6 Å². The average molecular weight is 304 g/mol. The number of nitrogens with zero attached hydrogens (tertiary/aromatic N) is 1. The zero-order valence-electron chi connectivity index (χ0n) is 12.2. The lowest BCUT2D eigenvalue weighted by atomic mass is 10.1. The number of hydrogen-bond acceptors (Lipinski definition) is 5. The summed E-state index contributed by atoms with van der Waals surface area (Å²) < 4.78 is 10.6. The first kappa shape index (κ1) is 14.7. The molecule has 1 fully saturated rings. The van der Waals surface area contributed by atoms with E-state index in [0.29, 0.717) is 6.61 Å². The molecule has 1 unspecified atom stereocenters. The number of hydrogen-bond donors (Lipinski definition) is 1. The molecule has 2 aromatic rings. The topological polar surface area (TPSA) is 43.4 Å². The van der Waals surface area contributed by atoms with Crippen molar-refractivity contribution < 1.29 is 9.47 Å². The largest absolute Gasteiger partial charge is 0.384 e. The molecule has 1 aromatic heterocycles. The molecule has 1 aromatic carbocycles. The molecule has 5 heteroatoms. The molecule has 3 rings (SSSR count). The molecule has 4 nitrogen and oxygen atoms in total. The maximum absolute atomic E-state index is 5.50. The Balaban J connectivity index is 1.70. The number of rotatable bonds is 5. The van der Waals surface area contributed by atoms with E-state index in [9.17, 15) is 0 Å². The molecular formula is C16H20N2O2S. The van der Waals surface area contributed by atoms with E-state index in [2.05, 4.69) is 35.0 Å². The zero-order valence-corrected chi connectivity index (χ0v) is 13.0. The minimum Gasteiger partial charge on any atom is -0.384 e. The van der Waals surface area contributed by atoms with Crippen molar-refractivity contribution >= 4 is 11.3 Å². The van der Waals surface area contributed by atoms with Crippen molar-refractivity contribution in [1.29, 1.82) is 0 Å². The normalized spacial score (nSPS) is 18.8. The highest BCUT2D eigenvalue weighted by atomic mass is 32.1. The van der Waals surface area contributed by atoms with Gasteiger partial charge in [0.1, 0.15) is 5.01 Å². The van der Waals surface area contributed by atoms with Crippen LogP contribution in [0.25, 0.3) is 11.3 Å². The molecule has 1 aliphatic heterocycles. The molecule has 1 aliphatic rings. The second-order valence-corrected chi connectivity index (χ2v) is 5.98. The Morgan fingerprint density at radius 1 is 1.38 bits per heavy atom. The first-order chi connectivity index (χ1) is 10.4. The molecule has 1 saturated heterocycles. The number of methoxy groups -OCH3 is 1. The molecule has 0 aliphatic carbocycles. The van der Waals surface area contributed by atoms with Gasteiger partial charge in [-0.3, -0.25) is 0 Å². The van der Waals surface area contributed by atoms with Crippen LogP contribution in [-0.2, 0) is 15.9 Å². The molecule has 0 bridgehead atoms. The summed E-state index contributed by atoms with van der Waals surface area (Å²) in [5.74, 6) is 0. The lowest BCUT2D eigenvalue weighted by molar-refractivity contribution is 0.0768. The Bertz CT molecular complexity index is 562. The molecule has 21 heavy (non-hydrogen) atoms. The fraction of sp³-hybridized carbons (Fsp3) is 0.438. The fourth-order valence-corrected chi connectivity index (χ4v) is 3.25. The molecule has 112 valence electrons. The first-order valence-corrected chi connectivity index (χ1v) is 8.09. The lowest BCUT2D eigenvalue weighted by Crippen LogP contribution is -2.34. The van der Waals surface area contributed by atoms with Crippen LogP contribution in [0.3, 0.4) is 0 Å². The van der Waals surface area contributed by atoms with E-state index in [0.717, 1.165) is 42.4 Å². The van der Waals surface area contributed by atoms with Crippen LogP contribution < -0.4 is 5.32 Å². The summed E-state index contributed by atoms with van der Waals surface area (Å²) >= 11 is 1.70. The Morgan fingerprint density at radius 2 is 2.24 bits per heavy atom. The van der Waals surface area contributed by atoms with Gasteiger partial charge in [0, 0.05) is 24.6 Å². The average Bonchev–Trinajstić information content (AvgIpc) is 3.04. The third-order valence-electron chi connectivity index (χ3n) is 3.59. The molecular weight excluding hydrogens is 284 g/mol. The number of nitrogens with one attached hydrogen (secondary N) is 1. The number of thiazole rings is 1. The summed E-state index contributed by atoms with van der Waals surface area (Å²) in [7, 11) is 1.73. The summed E-state index contributed by atoms with van der Waals surface area (Å²) in [6, 6.07) is 8.80. The van der Waals surface area contributed by atoms with Gasteiger partial charge in [0.15, 0.2) is 0 Å². The van der Waals surface area contributed by atoms with E-state index >= 15 is 0 Å². The summed E-state index contributed by atoms with van der Waals surface area (Å²) in [6.07, 6.45) is 0.947. The van der Waals surface area contributed by atoms with Crippen molar-refractivity contribution in [3.8, 4) is 11.3 Å². The van der Waals surface area contributed by atoms with Gasteiger partial charge in [0.25, 0.3) is 0 Å². The van der Waals surface area contributed by atoms with Crippen LogP contribution in [0.4, 0.5) is 0 Å². The Kier molecular flexibility index (Phi) is 4.98. The number of morpholine rings is 1. The van der Waals surface area contributed by atoms with Gasteiger partial charge in [-0.1, -0.05) is 24.3 Å². The van der Waals surface area contributed by atoms with Gasteiger partial charge in [-0.2, -0.15) is 0 Å². The fourth-order valence-electron chi connectivity index (χ4n) is 2.37. The monoisotopic (exact) mass is 304 g/mol. The van der Waals surface area contributed by atoms with E-state index in [1.807, 2.05) is 0 Å². The third-order valence-corrected chi connectivity index (χ3v) is 4.54. The first-order valence-electron chi connectivity index (χ1n) is 7.21. The van der Waals surface area contributed by atoms with Crippen molar-refractivity contribution in [2.24, 2.45) is 0 Å². The molecule has 1 atom stereocenters. The zero-order chi connectivity index (χ0) is 14.5. The minimum absolute atomic E-state index is 0.235. The Morgan fingerprint density at radius 3 is 2.95 bits per heavy atom. The van der Waals surface area contributed by atoms with E-state index in [1.54, 1.807) is 18.4 Å². The van der Waals surface area contributed by atoms with E-state index < -0.39 is 0 Å². The van der Waals surface area contributed by atoms with Crippen LogP contribution in [0.15, 0.2) is 29.6 Å². The van der Waals surface area contributed by atoms with E-state index in [1.165, 1.54) is 5.56 Å². The molecule has 2 heterocycles. The van der Waals surface area contributed by atoms with Gasteiger partial charge in [0.2, 0.25) is 0 Å². The summed E-state index contributed by atoms with van der Waals surface area (Å²) in [5.41, 5.74) is 3.49. The lowest BCUT2D eigenvalue weighted by Gasteiger charge is -2.21. The predicted molar refractivity (Wildman–Crippen MR) is 84.7 cm³/mol. The summed E-state index contributed by atoms with van der Waals surface area (Å²) in [5, 5.41) is 6.67. The number of benzene rings is 1. The Hall–Kier alpha value is -1.27. The Labute approximate surface area is 129 Å². The van der Waals surface area contributed by atoms with Gasteiger partial charge in [-0.05, 0) is 12.0 Å². The molecule has 1 N–H and O–H groups in total. The molecule has 0 amide bonds. The third kappa shape index (κ3) is 3.68. The minimum atomic E-state index is 0.235. The van der Waals surface area contributed by atoms with Crippen LogP contribution in [0.2, 0.25) is 0 Å². The van der Waals surface area contributed by atoms with Crippen LogP contribution in [0, 0.1) is 0 Å². The molecule has 0 spiro atoms. The van der Waals surface area contributed by atoms with Gasteiger partial charge >= 0.3 is 0 Å². The van der Waals surface area contributed by atoms with Crippen molar-refractivity contribution in [2.75, 3.05) is 33.5 Å². The highest BCUT2D eigenvalue weighted by molar-refractivity contribution is 7.10. The maximum atomic E-state index is 5.50. The van der Waals surface area contributed by atoms with Crippen LogP contribution >= 0.6 is 11.3 Å². The molecule has 0 radical (unpaired) electrons. The van der Waals surface area contributed by atoms with Gasteiger partial charge in [-0.15, -0.1) is 11.3 Å². The van der Waals surface area contributed by atoms with E-state index in [-0.39, 0.29) is 6.04 Å². The quantitative estimate of drug-likeness (QED) is 0.922. The van der Waals surface area contributed by atoms with Crippen molar-refractivity contribution in [1.82, 2.24) is 10.3 Å². The standard InChI is InChI=1S/C16H20N2O2S/c1-19-8-6-12-2-4-13(5-3-12)15-11-21-16(18-15)14-10-20-9-7-17-14/h2-5,11,14,17H,6-10H2,1H3. The van der Waals surface area contributed by atoms with E-state index in [4.69, 9.17) is 14.5 Å². The predicted octanol–water partition coefficient (Wildman–Crippen LogP) is 2.66.